The number of rotatable bonds is 7. The van der Waals surface area contributed by atoms with Crippen LogP contribution >= 0.6 is 35.0 Å². The Balaban J connectivity index is 1.49. The van der Waals surface area contributed by atoms with Crippen molar-refractivity contribution in [2.24, 2.45) is 0 Å². The fourth-order valence-electron chi connectivity index (χ4n) is 3.42. The molecule has 0 aliphatic carbocycles. The fraction of sp³-hybridized carbons (Fsp3) is 0.318. The molecule has 6 nitrogen and oxygen atoms in total. The molecule has 31 heavy (non-hydrogen) atoms. The maximum Gasteiger partial charge on any atom is 0.236 e. The molecule has 0 spiro atoms. The van der Waals surface area contributed by atoms with Crippen LogP contribution in [0.1, 0.15) is 18.4 Å². The van der Waals surface area contributed by atoms with Crippen LogP contribution in [0.4, 0.5) is 5.82 Å². The number of anilines is 1. The number of hydrogen-bond donors (Lipinski definition) is 1. The number of carbonyl (C=O) groups excluding carboxylic acids is 1. The van der Waals surface area contributed by atoms with Gasteiger partial charge in [0.2, 0.25) is 5.91 Å². The fourth-order valence-corrected chi connectivity index (χ4v) is 4.60. The van der Waals surface area contributed by atoms with E-state index in [-0.39, 0.29) is 17.8 Å². The van der Waals surface area contributed by atoms with Crippen LogP contribution in [-0.2, 0) is 16.1 Å². The van der Waals surface area contributed by atoms with Crippen LogP contribution in [-0.4, -0.2) is 38.9 Å². The highest BCUT2D eigenvalue weighted by molar-refractivity contribution is 7.99. The van der Waals surface area contributed by atoms with Crippen LogP contribution in [0, 0.1) is 6.92 Å². The molecule has 1 aliphatic heterocycles. The van der Waals surface area contributed by atoms with Crippen LogP contribution in [0.15, 0.2) is 47.9 Å². The number of benzene rings is 1. The van der Waals surface area contributed by atoms with Crippen molar-refractivity contribution in [3.63, 3.8) is 0 Å². The largest absolute Gasteiger partial charge is 0.376 e. The summed E-state index contributed by atoms with van der Waals surface area (Å²) in [6.45, 7) is 3.28. The molecule has 1 saturated heterocycles. The Hall–Kier alpha value is -2.06. The van der Waals surface area contributed by atoms with Gasteiger partial charge < -0.3 is 14.6 Å². The lowest BCUT2D eigenvalue weighted by molar-refractivity contribution is -0.113. The van der Waals surface area contributed by atoms with Gasteiger partial charge >= 0.3 is 0 Å². The van der Waals surface area contributed by atoms with Gasteiger partial charge in [-0.05, 0) is 30.9 Å². The highest BCUT2D eigenvalue weighted by Gasteiger charge is 2.21. The third-order valence-electron chi connectivity index (χ3n) is 5.09. The lowest BCUT2D eigenvalue weighted by Crippen LogP contribution is -2.18. The smallest absolute Gasteiger partial charge is 0.236 e. The first-order chi connectivity index (χ1) is 15.0. The predicted molar refractivity (Wildman–Crippen MR) is 125 cm³/mol. The van der Waals surface area contributed by atoms with Crippen molar-refractivity contribution in [3.05, 3.63) is 58.3 Å². The van der Waals surface area contributed by atoms with E-state index in [9.17, 15) is 4.79 Å². The molecule has 0 saturated carbocycles. The Morgan fingerprint density at radius 1 is 1.26 bits per heavy atom. The van der Waals surface area contributed by atoms with Crippen molar-refractivity contribution < 1.29 is 9.53 Å². The van der Waals surface area contributed by atoms with Gasteiger partial charge in [-0.1, -0.05) is 65.3 Å². The van der Waals surface area contributed by atoms with E-state index in [0.717, 1.165) is 35.9 Å². The van der Waals surface area contributed by atoms with Crippen molar-refractivity contribution in [1.29, 1.82) is 0 Å². The maximum absolute atomic E-state index is 12.5. The minimum absolute atomic E-state index is 0.157. The molecule has 0 bridgehead atoms. The van der Waals surface area contributed by atoms with Crippen molar-refractivity contribution in [2.75, 3.05) is 17.7 Å². The molecule has 2 aromatic heterocycles. The van der Waals surface area contributed by atoms with Gasteiger partial charge in [-0.15, -0.1) is 0 Å². The standard InChI is InChI=1S/C22H22Cl2N4O2S/c1-14-17(23)10-25-21(20(14)24)27-19(29)13-31-22-26-11-18(15-6-3-2-4-7-15)28(22)12-16-8-5-9-30-16/h2-4,6-7,10-11,16H,5,8-9,12-13H2,1H3,(H,25,27,29). The molecule has 1 N–H and O–H groups in total. The SMILES string of the molecule is Cc1c(Cl)cnc(NC(=O)CSc2ncc(-c3ccccc3)n2CC2CCCO2)c1Cl. The minimum Gasteiger partial charge on any atom is -0.376 e. The van der Waals surface area contributed by atoms with Gasteiger partial charge in [0.05, 0.1) is 40.3 Å². The van der Waals surface area contributed by atoms with E-state index < -0.39 is 0 Å². The molecule has 1 aromatic carbocycles. The van der Waals surface area contributed by atoms with Crippen LogP contribution in [0.25, 0.3) is 11.3 Å². The van der Waals surface area contributed by atoms with Gasteiger partial charge in [0.1, 0.15) is 0 Å². The lowest BCUT2D eigenvalue weighted by Gasteiger charge is -2.16. The summed E-state index contributed by atoms with van der Waals surface area (Å²) < 4.78 is 7.98. The first kappa shape index (κ1) is 22.1. The monoisotopic (exact) mass is 476 g/mol. The summed E-state index contributed by atoms with van der Waals surface area (Å²) in [5.74, 6) is 0.270. The summed E-state index contributed by atoms with van der Waals surface area (Å²) in [5.41, 5.74) is 2.77. The Labute approximate surface area is 195 Å². The third kappa shape index (κ3) is 5.23. The summed E-state index contributed by atoms with van der Waals surface area (Å²) >= 11 is 13.6. The molecule has 1 unspecified atom stereocenters. The van der Waals surface area contributed by atoms with Gasteiger partial charge in [0.25, 0.3) is 0 Å². The second-order valence-corrected chi connectivity index (χ2v) is 9.00. The summed E-state index contributed by atoms with van der Waals surface area (Å²) in [4.78, 5) is 21.3. The predicted octanol–water partition coefficient (Wildman–Crippen LogP) is 5.47. The van der Waals surface area contributed by atoms with E-state index in [0.29, 0.717) is 28.0 Å². The summed E-state index contributed by atoms with van der Waals surface area (Å²) in [5, 5.41) is 4.34. The highest BCUT2D eigenvalue weighted by atomic mass is 35.5. The van der Waals surface area contributed by atoms with Crippen molar-refractivity contribution in [1.82, 2.24) is 14.5 Å². The molecule has 9 heteroatoms. The molecule has 1 fully saturated rings. The number of nitrogens with zero attached hydrogens (tertiary/aromatic N) is 3. The van der Waals surface area contributed by atoms with Crippen molar-refractivity contribution in [3.8, 4) is 11.3 Å². The molecule has 1 aliphatic rings. The number of carbonyl (C=O) groups is 1. The number of halogens is 2. The molecule has 3 heterocycles. The molecular weight excluding hydrogens is 455 g/mol. The van der Waals surface area contributed by atoms with Crippen LogP contribution < -0.4 is 5.32 Å². The average molecular weight is 477 g/mol. The van der Waals surface area contributed by atoms with E-state index in [4.69, 9.17) is 27.9 Å². The summed E-state index contributed by atoms with van der Waals surface area (Å²) in [6, 6.07) is 10.1. The van der Waals surface area contributed by atoms with Gasteiger partial charge in [-0.25, -0.2) is 9.97 Å². The Kier molecular flexibility index (Phi) is 7.17. The van der Waals surface area contributed by atoms with Gasteiger partial charge in [-0.2, -0.15) is 0 Å². The van der Waals surface area contributed by atoms with Crippen molar-refractivity contribution in [2.45, 2.75) is 37.6 Å². The number of ether oxygens (including phenoxy) is 1. The number of hydrogen-bond acceptors (Lipinski definition) is 5. The number of aromatic nitrogens is 3. The van der Waals surface area contributed by atoms with Crippen LogP contribution in [0.2, 0.25) is 10.0 Å². The van der Waals surface area contributed by atoms with Crippen LogP contribution in [0.5, 0.6) is 0 Å². The molecule has 162 valence electrons. The topological polar surface area (TPSA) is 69.0 Å². The Morgan fingerprint density at radius 3 is 2.81 bits per heavy atom. The second-order valence-electron chi connectivity index (χ2n) is 7.27. The van der Waals surface area contributed by atoms with Crippen LogP contribution in [0.3, 0.4) is 0 Å². The van der Waals surface area contributed by atoms with E-state index in [1.807, 2.05) is 24.4 Å². The van der Waals surface area contributed by atoms with E-state index in [2.05, 4.69) is 32.0 Å². The minimum atomic E-state index is -0.214. The quantitative estimate of drug-likeness (QED) is 0.457. The molecule has 3 aromatic rings. The summed E-state index contributed by atoms with van der Waals surface area (Å²) in [6.07, 6.45) is 5.58. The molecule has 1 atom stereocenters. The number of nitrogens with one attached hydrogen (secondary N) is 1. The number of amides is 1. The van der Waals surface area contributed by atoms with E-state index in [1.165, 1.54) is 18.0 Å². The van der Waals surface area contributed by atoms with E-state index >= 15 is 0 Å². The van der Waals surface area contributed by atoms with Gasteiger partial charge in [-0.3, -0.25) is 4.79 Å². The lowest BCUT2D eigenvalue weighted by atomic mass is 10.1. The Bertz CT molecular complexity index is 1070. The summed E-state index contributed by atoms with van der Waals surface area (Å²) in [7, 11) is 0. The van der Waals surface area contributed by atoms with Crippen molar-refractivity contribution >= 4 is 46.7 Å². The Morgan fingerprint density at radius 2 is 2.06 bits per heavy atom. The zero-order valence-corrected chi connectivity index (χ0v) is 19.3. The number of imidazole rings is 1. The zero-order valence-electron chi connectivity index (χ0n) is 17.0. The molecule has 1 amide bonds. The second kappa shape index (κ2) is 10.0. The third-order valence-corrected chi connectivity index (χ3v) is 6.93. The van der Waals surface area contributed by atoms with Gasteiger partial charge in [0.15, 0.2) is 11.0 Å². The molecule has 4 rings (SSSR count). The maximum atomic E-state index is 12.5. The number of thioether (sulfide) groups is 1. The van der Waals surface area contributed by atoms with E-state index in [1.54, 1.807) is 6.92 Å². The highest BCUT2D eigenvalue weighted by Crippen LogP contribution is 2.30. The first-order valence-corrected chi connectivity index (χ1v) is 11.7. The normalized spacial score (nSPS) is 15.9. The zero-order chi connectivity index (χ0) is 21.8. The number of pyridine rings is 1. The van der Waals surface area contributed by atoms with Gasteiger partial charge in [0, 0.05) is 12.8 Å². The molecular formula is C22H22Cl2N4O2S. The first-order valence-electron chi connectivity index (χ1n) is 9.98. The molecule has 0 radical (unpaired) electrons. The average Bonchev–Trinajstić information content (AvgIpc) is 3.44.